The molecule has 0 radical (unpaired) electrons. The quantitative estimate of drug-likeness (QED) is 0.644. The summed E-state index contributed by atoms with van der Waals surface area (Å²) < 4.78 is 20.6. The molecule has 0 spiro atoms. The van der Waals surface area contributed by atoms with Gasteiger partial charge in [0.15, 0.2) is 11.5 Å². The van der Waals surface area contributed by atoms with Crippen molar-refractivity contribution >= 4 is 5.91 Å². The van der Waals surface area contributed by atoms with Crippen molar-refractivity contribution in [3.8, 4) is 17.2 Å². The maximum Gasteiger partial charge on any atom is 0.251 e. The van der Waals surface area contributed by atoms with E-state index in [9.17, 15) is 4.79 Å². The first kappa shape index (κ1) is 17.1. The minimum absolute atomic E-state index is 0.0408. The van der Waals surface area contributed by atoms with Crippen LogP contribution in [0.3, 0.4) is 0 Å². The summed E-state index contributed by atoms with van der Waals surface area (Å²) >= 11 is 0. The number of amides is 1. The van der Waals surface area contributed by atoms with E-state index in [1.165, 1.54) is 21.3 Å². The van der Waals surface area contributed by atoms with Gasteiger partial charge in [0, 0.05) is 12.1 Å². The van der Waals surface area contributed by atoms with Gasteiger partial charge in [-0.3, -0.25) is 4.79 Å². The summed E-state index contributed by atoms with van der Waals surface area (Å²) in [5.41, 5.74) is 0.395. The number of nitrogens with one attached hydrogen (secondary N) is 1. The fourth-order valence-electron chi connectivity index (χ4n) is 1.72. The second kappa shape index (κ2) is 9.04. The number of hydrogen-bond donors (Lipinski definition) is 2. The first-order valence-corrected chi connectivity index (χ1v) is 6.44. The number of benzene rings is 1. The van der Waals surface area contributed by atoms with Crippen LogP contribution in [-0.2, 0) is 4.74 Å². The lowest BCUT2D eigenvalue weighted by molar-refractivity contribution is 0.0837. The van der Waals surface area contributed by atoms with E-state index in [1.807, 2.05) is 0 Å². The molecule has 0 atom stereocenters. The molecule has 7 nitrogen and oxygen atoms in total. The summed E-state index contributed by atoms with van der Waals surface area (Å²) in [6.07, 6.45) is 0. The number of carbonyl (C=O) groups is 1. The lowest BCUT2D eigenvalue weighted by Gasteiger charge is -2.14. The van der Waals surface area contributed by atoms with Crippen LogP contribution < -0.4 is 19.5 Å². The predicted octanol–water partition coefficient (Wildman–Crippen LogP) is 0.451. The third kappa shape index (κ3) is 4.80. The molecule has 7 heteroatoms. The number of hydrogen-bond acceptors (Lipinski definition) is 6. The first-order chi connectivity index (χ1) is 10.2. The highest BCUT2D eigenvalue weighted by molar-refractivity contribution is 5.95. The zero-order valence-corrected chi connectivity index (χ0v) is 12.5. The van der Waals surface area contributed by atoms with Crippen LogP contribution in [0.25, 0.3) is 0 Å². The van der Waals surface area contributed by atoms with E-state index < -0.39 is 0 Å². The van der Waals surface area contributed by atoms with Crippen LogP contribution in [-0.4, -0.2) is 58.7 Å². The fraction of sp³-hybridized carbons (Fsp3) is 0.500. The molecule has 0 saturated carbocycles. The van der Waals surface area contributed by atoms with Crippen LogP contribution in [0.1, 0.15) is 10.4 Å². The molecule has 1 amide bonds. The summed E-state index contributed by atoms with van der Waals surface area (Å²) in [5.74, 6) is 0.988. The van der Waals surface area contributed by atoms with E-state index in [0.717, 1.165) is 0 Å². The Hall–Kier alpha value is -1.99. The van der Waals surface area contributed by atoms with Crippen molar-refractivity contribution in [2.24, 2.45) is 0 Å². The van der Waals surface area contributed by atoms with E-state index in [1.54, 1.807) is 12.1 Å². The molecule has 1 rings (SSSR count). The zero-order chi connectivity index (χ0) is 15.7. The van der Waals surface area contributed by atoms with Crippen molar-refractivity contribution in [1.29, 1.82) is 0 Å². The van der Waals surface area contributed by atoms with Crippen molar-refractivity contribution in [2.45, 2.75) is 0 Å². The van der Waals surface area contributed by atoms with Gasteiger partial charge >= 0.3 is 0 Å². The van der Waals surface area contributed by atoms with Gasteiger partial charge in [-0.25, -0.2) is 0 Å². The third-order valence-electron chi connectivity index (χ3n) is 2.69. The SMILES string of the molecule is COc1cc(C(=O)NCCOCCO)cc(OC)c1OC. The van der Waals surface area contributed by atoms with E-state index in [0.29, 0.717) is 36.0 Å². The Balaban J connectivity index is 2.75. The molecule has 21 heavy (non-hydrogen) atoms. The summed E-state index contributed by atoms with van der Waals surface area (Å²) in [6.45, 7) is 0.882. The van der Waals surface area contributed by atoms with Gasteiger partial charge in [-0.05, 0) is 12.1 Å². The molecule has 1 aromatic carbocycles. The van der Waals surface area contributed by atoms with Crippen LogP contribution in [0, 0.1) is 0 Å². The number of aliphatic hydroxyl groups excluding tert-OH is 1. The minimum Gasteiger partial charge on any atom is -0.493 e. The molecule has 0 heterocycles. The average Bonchev–Trinajstić information content (AvgIpc) is 2.52. The molecule has 0 fully saturated rings. The fourth-order valence-corrected chi connectivity index (χ4v) is 1.72. The lowest BCUT2D eigenvalue weighted by atomic mass is 10.1. The van der Waals surface area contributed by atoms with Crippen LogP contribution in [0.4, 0.5) is 0 Å². The number of methoxy groups -OCH3 is 3. The Morgan fingerprint density at radius 1 is 1.10 bits per heavy atom. The molecule has 0 bridgehead atoms. The van der Waals surface area contributed by atoms with Crippen molar-refractivity contribution in [3.05, 3.63) is 17.7 Å². The normalized spacial score (nSPS) is 10.1. The van der Waals surface area contributed by atoms with Crippen molar-refractivity contribution < 1.29 is 28.8 Å². The topological polar surface area (TPSA) is 86.3 Å². The van der Waals surface area contributed by atoms with Gasteiger partial charge in [0.25, 0.3) is 5.91 Å². The molecule has 0 aliphatic carbocycles. The standard InChI is InChI=1S/C14H21NO6/c1-18-11-8-10(9-12(19-2)13(11)20-3)14(17)15-4-6-21-7-5-16/h8-9,16H,4-7H2,1-3H3,(H,15,17). The summed E-state index contributed by atoms with van der Waals surface area (Å²) in [7, 11) is 4.47. The number of aliphatic hydroxyl groups is 1. The van der Waals surface area contributed by atoms with Gasteiger partial charge in [0.2, 0.25) is 5.75 Å². The molecule has 0 aliphatic rings. The largest absolute Gasteiger partial charge is 0.493 e. The van der Waals surface area contributed by atoms with Crippen molar-refractivity contribution in [3.63, 3.8) is 0 Å². The van der Waals surface area contributed by atoms with Crippen LogP contribution in [0.15, 0.2) is 12.1 Å². The molecular weight excluding hydrogens is 278 g/mol. The number of ether oxygens (including phenoxy) is 4. The Morgan fingerprint density at radius 3 is 2.19 bits per heavy atom. The van der Waals surface area contributed by atoms with Gasteiger partial charge in [-0.2, -0.15) is 0 Å². The number of carbonyl (C=O) groups excluding carboxylic acids is 1. The molecular formula is C14H21NO6. The average molecular weight is 299 g/mol. The highest BCUT2D eigenvalue weighted by atomic mass is 16.5. The second-order valence-electron chi connectivity index (χ2n) is 4.01. The van der Waals surface area contributed by atoms with Gasteiger partial charge in [-0.1, -0.05) is 0 Å². The molecule has 2 N–H and O–H groups in total. The van der Waals surface area contributed by atoms with E-state index in [-0.39, 0.29) is 19.1 Å². The predicted molar refractivity (Wildman–Crippen MR) is 76.3 cm³/mol. The highest BCUT2D eigenvalue weighted by Crippen LogP contribution is 2.38. The molecule has 118 valence electrons. The van der Waals surface area contributed by atoms with E-state index in [4.69, 9.17) is 24.1 Å². The summed E-state index contributed by atoms with van der Waals surface area (Å²) in [4.78, 5) is 12.0. The number of rotatable bonds is 9. The van der Waals surface area contributed by atoms with Crippen LogP contribution >= 0.6 is 0 Å². The Morgan fingerprint density at radius 2 is 1.71 bits per heavy atom. The molecule has 0 aliphatic heterocycles. The summed E-state index contributed by atoms with van der Waals surface area (Å²) in [5, 5.41) is 11.3. The van der Waals surface area contributed by atoms with Gasteiger partial charge in [0.1, 0.15) is 0 Å². The monoisotopic (exact) mass is 299 g/mol. The van der Waals surface area contributed by atoms with Crippen LogP contribution in [0.2, 0.25) is 0 Å². The maximum atomic E-state index is 12.0. The van der Waals surface area contributed by atoms with Gasteiger partial charge < -0.3 is 29.4 Å². The first-order valence-electron chi connectivity index (χ1n) is 6.44. The maximum absolute atomic E-state index is 12.0. The summed E-state index contributed by atoms with van der Waals surface area (Å²) in [6, 6.07) is 3.15. The van der Waals surface area contributed by atoms with E-state index in [2.05, 4.69) is 5.32 Å². The third-order valence-corrected chi connectivity index (χ3v) is 2.69. The van der Waals surface area contributed by atoms with E-state index >= 15 is 0 Å². The van der Waals surface area contributed by atoms with Crippen molar-refractivity contribution in [1.82, 2.24) is 5.32 Å². The lowest BCUT2D eigenvalue weighted by Crippen LogP contribution is -2.27. The van der Waals surface area contributed by atoms with Gasteiger partial charge in [-0.15, -0.1) is 0 Å². The minimum atomic E-state index is -0.276. The zero-order valence-electron chi connectivity index (χ0n) is 12.5. The van der Waals surface area contributed by atoms with Gasteiger partial charge in [0.05, 0.1) is 41.2 Å². The molecule has 0 unspecified atom stereocenters. The Labute approximate surface area is 123 Å². The molecule has 0 aromatic heterocycles. The highest BCUT2D eigenvalue weighted by Gasteiger charge is 2.16. The molecule has 0 saturated heterocycles. The molecule has 1 aromatic rings. The Bertz CT molecular complexity index is 438. The smallest absolute Gasteiger partial charge is 0.251 e. The Kier molecular flexibility index (Phi) is 7.34. The second-order valence-corrected chi connectivity index (χ2v) is 4.01. The van der Waals surface area contributed by atoms with Crippen LogP contribution in [0.5, 0.6) is 17.2 Å². The van der Waals surface area contributed by atoms with Crippen molar-refractivity contribution in [2.75, 3.05) is 47.7 Å².